The van der Waals surface area contributed by atoms with Crippen LogP contribution in [-0.2, 0) is 9.59 Å². The summed E-state index contributed by atoms with van der Waals surface area (Å²) in [5.41, 5.74) is 0. The van der Waals surface area contributed by atoms with Gasteiger partial charge in [0.05, 0.1) is 18.8 Å². The second kappa shape index (κ2) is 7.36. The Morgan fingerprint density at radius 2 is 2.29 bits per heavy atom. The van der Waals surface area contributed by atoms with Gasteiger partial charge in [-0.3, -0.25) is 9.59 Å². The average molecular weight is 309 g/mol. The van der Waals surface area contributed by atoms with E-state index in [1.807, 2.05) is 24.3 Å². The van der Waals surface area contributed by atoms with Crippen LogP contribution >= 0.6 is 11.8 Å². The molecule has 1 aliphatic rings. The van der Waals surface area contributed by atoms with Crippen LogP contribution in [0.3, 0.4) is 0 Å². The number of thioether (sulfide) groups is 1. The Kier molecular flexibility index (Phi) is 5.50. The molecule has 1 saturated heterocycles. The number of amides is 1. The van der Waals surface area contributed by atoms with Crippen molar-refractivity contribution in [2.45, 2.75) is 17.7 Å². The Hall–Kier alpha value is -1.69. The van der Waals surface area contributed by atoms with Gasteiger partial charge in [0.2, 0.25) is 5.91 Å². The van der Waals surface area contributed by atoms with Crippen molar-refractivity contribution >= 4 is 23.6 Å². The fraction of sp³-hybridized carbons (Fsp3) is 0.467. The van der Waals surface area contributed by atoms with Gasteiger partial charge in [-0.1, -0.05) is 6.07 Å². The van der Waals surface area contributed by atoms with E-state index in [2.05, 4.69) is 0 Å². The van der Waals surface area contributed by atoms with Crippen LogP contribution in [-0.4, -0.2) is 47.8 Å². The van der Waals surface area contributed by atoms with E-state index in [-0.39, 0.29) is 5.91 Å². The van der Waals surface area contributed by atoms with Gasteiger partial charge in [0.25, 0.3) is 0 Å². The van der Waals surface area contributed by atoms with Crippen LogP contribution in [0.5, 0.6) is 5.75 Å². The number of carboxylic acids is 1. The molecule has 0 spiro atoms. The third-order valence-corrected chi connectivity index (χ3v) is 4.51. The van der Waals surface area contributed by atoms with Gasteiger partial charge in [-0.05, 0) is 31.0 Å². The maximum Gasteiger partial charge on any atom is 0.308 e. The molecule has 1 N–H and O–H groups in total. The molecular formula is C15H19NO4S. The van der Waals surface area contributed by atoms with E-state index >= 15 is 0 Å². The fourth-order valence-electron chi connectivity index (χ4n) is 2.33. The van der Waals surface area contributed by atoms with Crippen LogP contribution in [0.1, 0.15) is 12.8 Å². The minimum Gasteiger partial charge on any atom is -0.497 e. The zero-order valence-corrected chi connectivity index (χ0v) is 12.8. The number of nitrogens with zero attached hydrogens (tertiary/aromatic N) is 1. The SMILES string of the molecule is COc1cccc(SCC(=O)N2CCCC(C(=O)O)C2)c1. The highest BCUT2D eigenvalue weighted by atomic mass is 32.2. The molecule has 1 fully saturated rings. The molecular weight excluding hydrogens is 290 g/mol. The van der Waals surface area contributed by atoms with Crippen LogP contribution < -0.4 is 4.74 Å². The average Bonchev–Trinajstić information content (AvgIpc) is 2.53. The number of carbonyl (C=O) groups is 2. The Balaban J connectivity index is 1.87. The number of methoxy groups -OCH3 is 1. The molecule has 0 radical (unpaired) electrons. The highest BCUT2D eigenvalue weighted by molar-refractivity contribution is 8.00. The van der Waals surface area contributed by atoms with Gasteiger partial charge < -0.3 is 14.7 Å². The zero-order chi connectivity index (χ0) is 15.2. The molecule has 1 heterocycles. The second-order valence-electron chi connectivity index (χ2n) is 4.98. The lowest BCUT2D eigenvalue weighted by atomic mass is 9.98. The van der Waals surface area contributed by atoms with Gasteiger partial charge in [0, 0.05) is 18.0 Å². The molecule has 5 nitrogen and oxygen atoms in total. The smallest absolute Gasteiger partial charge is 0.308 e. The topological polar surface area (TPSA) is 66.8 Å². The Morgan fingerprint density at radius 3 is 3.00 bits per heavy atom. The lowest BCUT2D eigenvalue weighted by Crippen LogP contribution is -2.43. The van der Waals surface area contributed by atoms with Gasteiger partial charge >= 0.3 is 5.97 Å². The van der Waals surface area contributed by atoms with Crippen LogP contribution in [0.2, 0.25) is 0 Å². The quantitative estimate of drug-likeness (QED) is 0.844. The Bertz CT molecular complexity index is 520. The standard InChI is InChI=1S/C15H19NO4S/c1-20-12-5-2-6-13(8-12)21-10-14(17)16-7-3-4-11(9-16)15(18)19/h2,5-6,8,11H,3-4,7,9-10H2,1H3,(H,18,19). The molecule has 2 rings (SSSR count). The summed E-state index contributed by atoms with van der Waals surface area (Å²) >= 11 is 1.44. The van der Waals surface area contributed by atoms with E-state index < -0.39 is 11.9 Å². The molecule has 1 amide bonds. The lowest BCUT2D eigenvalue weighted by molar-refractivity contribution is -0.145. The minimum atomic E-state index is -0.812. The van der Waals surface area contributed by atoms with E-state index in [1.165, 1.54) is 11.8 Å². The van der Waals surface area contributed by atoms with E-state index in [0.717, 1.165) is 17.1 Å². The summed E-state index contributed by atoms with van der Waals surface area (Å²) in [6.45, 7) is 0.980. The molecule has 1 atom stereocenters. The number of hydrogen-bond acceptors (Lipinski definition) is 4. The predicted molar refractivity (Wildman–Crippen MR) is 80.7 cm³/mol. The van der Waals surface area contributed by atoms with Crippen LogP contribution in [0.25, 0.3) is 0 Å². The molecule has 0 bridgehead atoms. The van der Waals surface area contributed by atoms with Crippen LogP contribution in [0, 0.1) is 5.92 Å². The monoisotopic (exact) mass is 309 g/mol. The summed E-state index contributed by atoms with van der Waals surface area (Å²) in [6.07, 6.45) is 1.41. The number of carbonyl (C=O) groups excluding carboxylic acids is 1. The molecule has 0 aromatic heterocycles. The summed E-state index contributed by atoms with van der Waals surface area (Å²) in [5, 5.41) is 9.05. The Morgan fingerprint density at radius 1 is 1.48 bits per heavy atom. The number of piperidine rings is 1. The van der Waals surface area contributed by atoms with E-state index in [9.17, 15) is 9.59 Å². The fourth-order valence-corrected chi connectivity index (χ4v) is 3.18. The number of aliphatic carboxylic acids is 1. The maximum absolute atomic E-state index is 12.2. The number of benzene rings is 1. The van der Waals surface area contributed by atoms with Gasteiger partial charge in [-0.15, -0.1) is 11.8 Å². The molecule has 1 aromatic carbocycles. The van der Waals surface area contributed by atoms with Crippen molar-refractivity contribution in [1.82, 2.24) is 4.90 Å². The van der Waals surface area contributed by atoms with Crippen molar-refractivity contribution in [1.29, 1.82) is 0 Å². The number of ether oxygens (including phenoxy) is 1. The van der Waals surface area contributed by atoms with Gasteiger partial charge in [0.1, 0.15) is 5.75 Å². The first-order chi connectivity index (χ1) is 10.1. The molecule has 6 heteroatoms. The minimum absolute atomic E-state index is 0.00577. The van der Waals surface area contributed by atoms with Gasteiger partial charge in [-0.25, -0.2) is 0 Å². The molecule has 0 saturated carbocycles. The lowest BCUT2D eigenvalue weighted by Gasteiger charge is -2.30. The first-order valence-electron chi connectivity index (χ1n) is 6.87. The van der Waals surface area contributed by atoms with Crippen molar-refractivity contribution in [3.05, 3.63) is 24.3 Å². The molecule has 1 aliphatic heterocycles. The largest absolute Gasteiger partial charge is 0.497 e. The summed E-state index contributed by atoms with van der Waals surface area (Å²) in [4.78, 5) is 25.8. The highest BCUT2D eigenvalue weighted by Crippen LogP contribution is 2.24. The van der Waals surface area contributed by atoms with Crippen molar-refractivity contribution < 1.29 is 19.4 Å². The second-order valence-corrected chi connectivity index (χ2v) is 6.03. The first kappa shape index (κ1) is 15.7. The van der Waals surface area contributed by atoms with E-state index in [0.29, 0.717) is 25.3 Å². The summed E-state index contributed by atoms with van der Waals surface area (Å²) in [6, 6.07) is 7.55. The molecule has 1 unspecified atom stereocenters. The van der Waals surface area contributed by atoms with Gasteiger partial charge in [0.15, 0.2) is 0 Å². The predicted octanol–water partition coefficient (Wildman–Crippen LogP) is 2.11. The van der Waals surface area contributed by atoms with Crippen LogP contribution in [0.4, 0.5) is 0 Å². The number of carboxylic acid groups (broad SMARTS) is 1. The first-order valence-corrected chi connectivity index (χ1v) is 7.86. The van der Waals surface area contributed by atoms with E-state index in [4.69, 9.17) is 9.84 Å². The zero-order valence-electron chi connectivity index (χ0n) is 11.9. The van der Waals surface area contributed by atoms with Crippen molar-refractivity contribution in [3.8, 4) is 5.75 Å². The Labute approximate surface area is 128 Å². The highest BCUT2D eigenvalue weighted by Gasteiger charge is 2.27. The number of likely N-dealkylation sites (tertiary alicyclic amines) is 1. The van der Waals surface area contributed by atoms with Crippen molar-refractivity contribution in [3.63, 3.8) is 0 Å². The van der Waals surface area contributed by atoms with Crippen LogP contribution in [0.15, 0.2) is 29.2 Å². The molecule has 1 aromatic rings. The number of rotatable bonds is 5. The number of hydrogen-bond donors (Lipinski definition) is 1. The molecule has 0 aliphatic carbocycles. The summed E-state index contributed by atoms with van der Waals surface area (Å²) < 4.78 is 5.14. The normalized spacial score (nSPS) is 18.3. The van der Waals surface area contributed by atoms with E-state index in [1.54, 1.807) is 12.0 Å². The third-order valence-electron chi connectivity index (χ3n) is 3.53. The molecule has 114 valence electrons. The van der Waals surface area contributed by atoms with Crippen molar-refractivity contribution in [2.75, 3.05) is 26.0 Å². The summed E-state index contributed by atoms with van der Waals surface area (Å²) in [7, 11) is 1.61. The maximum atomic E-state index is 12.2. The third kappa shape index (κ3) is 4.39. The van der Waals surface area contributed by atoms with Crippen molar-refractivity contribution in [2.24, 2.45) is 5.92 Å². The molecule has 21 heavy (non-hydrogen) atoms. The van der Waals surface area contributed by atoms with Gasteiger partial charge in [-0.2, -0.15) is 0 Å². The summed E-state index contributed by atoms with van der Waals surface area (Å²) in [5.74, 6) is -0.165.